The fraction of sp³-hybridized carbons (Fsp3) is 0.500. The molecule has 128 valence electrons. The Labute approximate surface area is 142 Å². The van der Waals surface area contributed by atoms with Crippen LogP contribution in [0.4, 0.5) is 4.39 Å². The van der Waals surface area contributed by atoms with E-state index >= 15 is 0 Å². The van der Waals surface area contributed by atoms with Crippen LogP contribution in [0.2, 0.25) is 0 Å². The number of benzene rings is 1. The minimum atomic E-state index is -3.69. The Morgan fingerprint density at radius 3 is 2.91 bits per heavy atom. The van der Waals surface area contributed by atoms with Gasteiger partial charge in [0, 0.05) is 39.6 Å². The van der Waals surface area contributed by atoms with Crippen LogP contribution in [-0.2, 0) is 10.2 Å². The molecular formula is C14H20ClFN4O2S. The van der Waals surface area contributed by atoms with E-state index in [0.29, 0.717) is 25.2 Å². The van der Waals surface area contributed by atoms with Gasteiger partial charge in [-0.15, -0.1) is 12.4 Å². The maximum Gasteiger partial charge on any atom is 0.282 e. The molecule has 1 fully saturated rings. The lowest BCUT2D eigenvalue weighted by molar-refractivity contribution is 0.252. The number of nitriles is 1. The van der Waals surface area contributed by atoms with E-state index in [2.05, 4.69) is 5.32 Å². The topological polar surface area (TPSA) is 76.4 Å². The van der Waals surface area contributed by atoms with Crippen molar-refractivity contribution in [3.63, 3.8) is 0 Å². The standard InChI is InChI=1S/C14H19FN4O2S.ClH/c1-18(8-3-6-16)22(20,21)19-9-7-17-11-14(19)12-4-2-5-13(15)10-12;/h2,4-5,10,14,17H,3,7-9,11H2,1H3;1H. The number of halogens is 2. The van der Waals surface area contributed by atoms with Crippen LogP contribution in [0.25, 0.3) is 0 Å². The molecule has 23 heavy (non-hydrogen) atoms. The first-order valence-corrected chi connectivity index (χ1v) is 8.42. The van der Waals surface area contributed by atoms with Crippen LogP contribution < -0.4 is 5.32 Å². The molecule has 1 aromatic rings. The van der Waals surface area contributed by atoms with Crippen molar-refractivity contribution in [1.82, 2.24) is 13.9 Å². The minimum Gasteiger partial charge on any atom is -0.313 e. The molecule has 1 heterocycles. The van der Waals surface area contributed by atoms with Gasteiger partial charge >= 0.3 is 0 Å². The average molecular weight is 363 g/mol. The molecule has 0 radical (unpaired) electrons. The summed E-state index contributed by atoms with van der Waals surface area (Å²) in [5.74, 6) is -0.391. The lowest BCUT2D eigenvalue weighted by Gasteiger charge is -2.37. The van der Waals surface area contributed by atoms with Gasteiger partial charge in [-0.05, 0) is 17.7 Å². The zero-order chi connectivity index (χ0) is 16.2. The zero-order valence-electron chi connectivity index (χ0n) is 12.8. The Hall–Kier alpha value is -1.24. The van der Waals surface area contributed by atoms with Crippen molar-refractivity contribution < 1.29 is 12.8 Å². The predicted molar refractivity (Wildman–Crippen MR) is 87.7 cm³/mol. The van der Waals surface area contributed by atoms with Gasteiger partial charge in [0.05, 0.1) is 12.1 Å². The van der Waals surface area contributed by atoms with Crippen molar-refractivity contribution in [3.8, 4) is 6.07 Å². The highest BCUT2D eigenvalue weighted by Crippen LogP contribution is 2.26. The van der Waals surface area contributed by atoms with Crippen molar-refractivity contribution in [2.45, 2.75) is 12.5 Å². The monoisotopic (exact) mass is 362 g/mol. The first kappa shape index (κ1) is 19.8. The molecule has 1 atom stereocenters. The second kappa shape index (κ2) is 8.57. The number of rotatable bonds is 5. The Morgan fingerprint density at radius 2 is 2.26 bits per heavy atom. The molecule has 0 spiro atoms. The molecule has 0 aromatic heterocycles. The summed E-state index contributed by atoms with van der Waals surface area (Å²) in [7, 11) is -2.24. The fourth-order valence-electron chi connectivity index (χ4n) is 2.46. The third-order valence-electron chi connectivity index (χ3n) is 3.66. The highest BCUT2D eigenvalue weighted by Gasteiger charge is 2.35. The van der Waals surface area contributed by atoms with Gasteiger partial charge in [0.15, 0.2) is 0 Å². The highest BCUT2D eigenvalue weighted by molar-refractivity contribution is 7.86. The van der Waals surface area contributed by atoms with E-state index in [0.717, 1.165) is 0 Å². The molecule has 1 aromatic carbocycles. The summed E-state index contributed by atoms with van der Waals surface area (Å²) in [6, 6.07) is 7.46. The third-order valence-corrected chi connectivity index (χ3v) is 5.66. The zero-order valence-corrected chi connectivity index (χ0v) is 14.4. The van der Waals surface area contributed by atoms with Crippen molar-refractivity contribution in [2.24, 2.45) is 0 Å². The number of piperazine rings is 1. The van der Waals surface area contributed by atoms with Crippen molar-refractivity contribution in [3.05, 3.63) is 35.6 Å². The number of nitrogens with zero attached hydrogens (tertiary/aromatic N) is 3. The number of nitrogens with one attached hydrogen (secondary N) is 1. The number of hydrogen-bond donors (Lipinski definition) is 1. The van der Waals surface area contributed by atoms with Gasteiger partial charge in [-0.3, -0.25) is 0 Å². The SMILES string of the molecule is CN(CCC#N)S(=O)(=O)N1CCNCC1c1cccc(F)c1.Cl. The summed E-state index contributed by atoms with van der Waals surface area (Å²) in [4.78, 5) is 0. The molecule has 9 heteroatoms. The third kappa shape index (κ3) is 4.62. The molecule has 0 amide bonds. The molecule has 0 bridgehead atoms. The second-order valence-electron chi connectivity index (χ2n) is 5.12. The summed E-state index contributed by atoms with van der Waals surface area (Å²) in [6.45, 7) is 1.41. The Bertz CT molecular complexity index is 665. The van der Waals surface area contributed by atoms with E-state index in [1.165, 1.54) is 27.8 Å². The van der Waals surface area contributed by atoms with E-state index in [1.807, 2.05) is 6.07 Å². The molecule has 1 unspecified atom stereocenters. The number of hydrogen-bond acceptors (Lipinski definition) is 4. The Kier molecular flexibility index (Phi) is 7.38. The van der Waals surface area contributed by atoms with Crippen LogP contribution in [-0.4, -0.2) is 50.3 Å². The van der Waals surface area contributed by atoms with Crippen LogP contribution in [0, 0.1) is 17.1 Å². The summed E-state index contributed by atoms with van der Waals surface area (Å²) >= 11 is 0. The lowest BCUT2D eigenvalue weighted by atomic mass is 10.1. The van der Waals surface area contributed by atoms with Crippen molar-refractivity contribution in [1.29, 1.82) is 5.26 Å². The van der Waals surface area contributed by atoms with Gasteiger partial charge in [-0.25, -0.2) is 4.39 Å². The highest BCUT2D eigenvalue weighted by atomic mass is 35.5. The molecule has 2 rings (SSSR count). The van der Waals surface area contributed by atoms with Crippen LogP contribution in [0.15, 0.2) is 24.3 Å². The molecule has 0 aliphatic carbocycles. The Balaban J connectivity index is 0.00000264. The first-order chi connectivity index (χ1) is 10.5. The maximum absolute atomic E-state index is 13.4. The van der Waals surface area contributed by atoms with Gasteiger partial charge in [0.1, 0.15) is 5.82 Å². The largest absolute Gasteiger partial charge is 0.313 e. The average Bonchev–Trinajstić information content (AvgIpc) is 2.52. The van der Waals surface area contributed by atoms with E-state index in [4.69, 9.17) is 5.26 Å². The van der Waals surface area contributed by atoms with Crippen LogP contribution in [0.3, 0.4) is 0 Å². The molecule has 1 aliphatic rings. The Morgan fingerprint density at radius 1 is 1.52 bits per heavy atom. The molecule has 1 N–H and O–H groups in total. The van der Waals surface area contributed by atoms with Crippen molar-refractivity contribution in [2.75, 3.05) is 33.2 Å². The van der Waals surface area contributed by atoms with E-state index < -0.39 is 22.1 Å². The summed E-state index contributed by atoms with van der Waals surface area (Å²) in [5, 5.41) is 11.8. The van der Waals surface area contributed by atoms with E-state index in [1.54, 1.807) is 12.1 Å². The normalized spacial score (nSPS) is 19.1. The van der Waals surface area contributed by atoms with E-state index in [-0.39, 0.29) is 25.4 Å². The van der Waals surface area contributed by atoms with Gasteiger partial charge in [-0.2, -0.15) is 22.3 Å². The fourth-order valence-corrected chi connectivity index (χ4v) is 3.98. The second-order valence-corrected chi connectivity index (χ2v) is 7.11. The van der Waals surface area contributed by atoms with Gasteiger partial charge < -0.3 is 5.32 Å². The van der Waals surface area contributed by atoms with Gasteiger partial charge in [-0.1, -0.05) is 12.1 Å². The van der Waals surface area contributed by atoms with Crippen LogP contribution in [0.5, 0.6) is 0 Å². The molecule has 0 saturated carbocycles. The van der Waals surface area contributed by atoms with Gasteiger partial charge in [0.2, 0.25) is 0 Å². The molecule has 1 saturated heterocycles. The minimum absolute atomic E-state index is 0. The predicted octanol–water partition coefficient (Wildman–Crippen LogP) is 1.28. The molecule has 6 nitrogen and oxygen atoms in total. The summed E-state index contributed by atoms with van der Waals surface area (Å²) < 4.78 is 41.3. The quantitative estimate of drug-likeness (QED) is 0.856. The van der Waals surface area contributed by atoms with E-state index in [9.17, 15) is 12.8 Å². The maximum atomic E-state index is 13.4. The summed E-state index contributed by atoms with van der Waals surface area (Å²) in [5.41, 5.74) is 0.615. The molecular weight excluding hydrogens is 343 g/mol. The lowest BCUT2D eigenvalue weighted by Crippen LogP contribution is -2.52. The van der Waals surface area contributed by atoms with Gasteiger partial charge in [0.25, 0.3) is 10.2 Å². The summed E-state index contributed by atoms with van der Waals surface area (Å²) in [6.07, 6.45) is 0.131. The smallest absolute Gasteiger partial charge is 0.282 e. The molecule has 1 aliphatic heterocycles. The van der Waals surface area contributed by atoms with Crippen LogP contribution in [0.1, 0.15) is 18.0 Å². The first-order valence-electron chi connectivity index (χ1n) is 7.03. The van der Waals surface area contributed by atoms with Crippen LogP contribution >= 0.6 is 12.4 Å². The van der Waals surface area contributed by atoms with Crippen molar-refractivity contribution >= 4 is 22.6 Å².